The van der Waals surface area contributed by atoms with Gasteiger partial charge in [-0.1, -0.05) is 0 Å². The van der Waals surface area contributed by atoms with Gasteiger partial charge in [0.15, 0.2) is 0 Å². The predicted molar refractivity (Wildman–Crippen MR) is 43.2 cm³/mol. The summed E-state index contributed by atoms with van der Waals surface area (Å²) >= 11 is 0.292. The number of nitrogens with zero attached hydrogens (tertiary/aromatic N) is 3. The molecule has 0 aliphatic carbocycles. The van der Waals surface area contributed by atoms with Crippen LogP contribution in [0, 0.1) is 0 Å². The van der Waals surface area contributed by atoms with Gasteiger partial charge in [0.2, 0.25) is 0 Å². The van der Waals surface area contributed by atoms with Crippen molar-refractivity contribution in [3.8, 4) is 0 Å². The van der Waals surface area contributed by atoms with E-state index in [-0.39, 0.29) is 0 Å². The Morgan fingerprint density at radius 1 is 1.58 bits per heavy atom. The van der Waals surface area contributed by atoms with Gasteiger partial charge >= 0.3 is 83.3 Å². The molecule has 1 aliphatic rings. The van der Waals surface area contributed by atoms with Crippen molar-refractivity contribution in [2.75, 3.05) is 11.0 Å². The van der Waals surface area contributed by atoms with Crippen LogP contribution in [0.25, 0.3) is 0 Å². The van der Waals surface area contributed by atoms with E-state index < -0.39 is 0 Å². The van der Waals surface area contributed by atoms with Crippen molar-refractivity contribution in [3.63, 3.8) is 0 Å². The maximum absolute atomic E-state index is 4.25. The molecular formula is C8H13IN3-. The molecule has 0 aromatic carbocycles. The van der Waals surface area contributed by atoms with E-state index in [2.05, 4.69) is 25.9 Å². The van der Waals surface area contributed by atoms with E-state index >= 15 is 0 Å². The molecular weight excluding hydrogens is 265 g/mol. The third kappa shape index (κ3) is 1.64. The normalized spacial score (nSPS) is 18.1. The zero-order valence-electron chi connectivity index (χ0n) is 7.20. The van der Waals surface area contributed by atoms with Crippen LogP contribution >= 0.6 is 0 Å². The Labute approximate surface area is 83.4 Å². The van der Waals surface area contributed by atoms with Crippen LogP contribution < -0.4 is 21.5 Å². The second-order valence-corrected chi connectivity index (χ2v) is 6.35. The van der Waals surface area contributed by atoms with Crippen LogP contribution in [0.5, 0.6) is 0 Å². The zero-order valence-corrected chi connectivity index (χ0v) is 9.36. The monoisotopic (exact) mass is 278 g/mol. The molecule has 0 saturated heterocycles. The van der Waals surface area contributed by atoms with E-state index in [0.717, 1.165) is 13.1 Å². The van der Waals surface area contributed by atoms with Crippen molar-refractivity contribution in [3.05, 3.63) is 18.0 Å². The standard InChI is InChI=1S/C8H13IN3/c1-2-9-11-5-6-12-8(7-11)3-4-10-12/h3-4H,2,5-7H2,1H3/q-1. The minimum absolute atomic E-state index is 0.292. The molecule has 0 fully saturated rings. The molecule has 0 saturated carbocycles. The zero-order chi connectivity index (χ0) is 8.39. The number of hydrogen-bond acceptors (Lipinski definition) is 2. The average Bonchev–Trinajstić information content (AvgIpc) is 2.51. The average molecular weight is 278 g/mol. The Bertz CT molecular complexity index is 259. The SMILES string of the molecule is CC[I-]N1CCn2nccc2C1. The Kier molecular flexibility index (Phi) is 2.65. The first kappa shape index (κ1) is 8.50. The van der Waals surface area contributed by atoms with Gasteiger partial charge in [0, 0.05) is 0 Å². The van der Waals surface area contributed by atoms with Crippen LogP contribution in [-0.4, -0.2) is 23.9 Å². The van der Waals surface area contributed by atoms with Crippen molar-refractivity contribution in [1.82, 2.24) is 12.9 Å². The number of fused-ring (bicyclic) bond motifs is 1. The first-order valence-electron chi connectivity index (χ1n) is 4.25. The van der Waals surface area contributed by atoms with E-state index in [4.69, 9.17) is 0 Å². The molecule has 1 aliphatic heterocycles. The van der Waals surface area contributed by atoms with Crippen LogP contribution in [-0.2, 0) is 13.1 Å². The van der Waals surface area contributed by atoms with E-state index in [1.165, 1.54) is 16.7 Å². The molecule has 2 heterocycles. The summed E-state index contributed by atoms with van der Waals surface area (Å²) in [4.78, 5) is 0. The van der Waals surface area contributed by atoms with Crippen LogP contribution in [0.1, 0.15) is 12.6 Å². The van der Waals surface area contributed by atoms with Crippen LogP contribution in [0.2, 0.25) is 0 Å². The second kappa shape index (κ2) is 3.74. The molecule has 1 aromatic heterocycles. The van der Waals surface area contributed by atoms with Gasteiger partial charge < -0.3 is 0 Å². The summed E-state index contributed by atoms with van der Waals surface area (Å²) in [6, 6.07) is 2.13. The quantitative estimate of drug-likeness (QED) is 0.345. The molecule has 2 rings (SSSR count). The summed E-state index contributed by atoms with van der Waals surface area (Å²) in [6.07, 6.45) is 1.91. The molecule has 0 atom stereocenters. The van der Waals surface area contributed by atoms with E-state index in [0.29, 0.717) is 21.5 Å². The minimum atomic E-state index is 0.292. The number of aromatic nitrogens is 2. The Hall–Kier alpha value is -0.100. The molecule has 0 bridgehead atoms. The summed E-state index contributed by atoms with van der Waals surface area (Å²) in [7, 11) is 0. The topological polar surface area (TPSA) is 21.1 Å². The predicted octanol–water partition coefficient (Wildman–Crippen LogP) is -2.28. The number of alkyl halides is 1. The van der Waals surface area contributed by atoms with E-state index in [9.17, 15) is 0 Å². The van der Waals surface area contributed by atoms with Gasteiger partial charge in [-0.3, -0.25) is 0 Å². The van der Waals surface area contributed by atoms with Crippen LogP contribution in [0.3, 0.4) is 0 Å². The van der Waals surface area contributed by atoms with Crippen molar-refractivity contribution < 1.29 is 21.5 Å². The first-order chi connectivity index (χ1) is 5.90. The Balaban J connectivity index is 2.05. The molecule has 4 heteroatoms. The molecule has 68 valence electrons. The van der Waals surface area contributed by atoms with E-state index in [1.807, 2.05) is 6.20 Å². The van der Waals surface area contributed by atoms with Gasteiger partial charge in [-0.2, -0.15) is 0 Å². The summed E-state index contributed by atoms with van der Waals surface area (Å²) in [5.41, 5.74) is 1.38. The molecule has 3 nitrogen and oxygen atoms in total. The summed E-state index contributed by atoms with van der Waals surface area (Å²) in [5.74, 6) is 0. The van der Waals surface area contributed by atoms with Gasteiger partial charge in [-0.25, -0.2) is 0 Å². The van der Waals surface area contributed by atoms with Crippen molar-refractivity contribution in [1.29, 1.82) is 0 Å². The van der Waals surface area contributed by atoms with Crippen LogP contribution in [0.4, 0.5) is 0 Å². The van der Waals surface area contributed by atoms with Gasteiger partial charge in [0.1, 0.15) is 0 Å². The molecule has 1 aromatic rings. The second-order valence-electron chi connectivity index (χ2n) is 2.78. The molecule has 12 heavy (non-hydrogen) atoms. The van der Waals surface area contributed by atoms with Crippen LogP contribution in [0.15, 0.2) is 12.3 Å². The Morgan fingerprint density at radius 2 is 2.50 bits per heavy atom. The first-order valence-corrected chi connectivity index (χ1v) is 6.74. The number of halogens is 1. The fourth-order valence-electron chi connectivity index (χ4n) is 1.42. The third-order valence-corrected chi connectivity index (χ3v) is 4.45. The van der Waals surface area contributed by atoms with Gasteiger partial charge in [-0.05, 0) is 0 Å². The fourth-order valence-corrected chi connectivity index (χ4v) is 3.54. The van der Waals surface area contributed by atoms with Gasteiger partial charge in [0.05, 0.1) is 0 Å². The molecule has 0 N–H and O–H groups in total. The van der Waals surface area contributed by atoms with E-state index in [1.54, 1.807) is 0 Å². The van der Waals surface area contributed by atoms with Gasteiger partial charge in [-0.15, -0.1) is 0 Å². The molecule has 0 radical (unpaired) electrons. The fraction of sp³-hybridized carbons (Fsp3) is 0.625. The number of rotatable bonds is 2. The third-order valence-electron chi connectivity index (χ3n) is 1.98. The maximum atomic E-state index is 4.25. The van der Waals surface area contributed by atoms with Crippen molar-refractivity contribution in [2.24, 2.45) is 0 Å². The molecule has 0 amide bonds. The van der Waals surface area contributed by atoms with Gasteiger partial charge in [0.25, 0.3) is 0 Å². The summed E-state index contributed by atoms with van der Waals surface area (Å²) in [6.45, 7) is 5.69. The molecule has 0 unspecified atom stereocenters. The summed E-state index contributed by atoms with van der Waals surface area (Å²) in [5, 5.41) is 4.25. The number of hydrogen-bond donors (Lipinski definition) is 0. The van der Waals surface area contributed by atoms with Crippen molar-refractivity contribution >= 4 is 0 Å². The molecule has 0 spiro atoms. The summed E-state index contributed by atoms with van der Waals surface area (Å²) < 4.78 is 6.07. The Morgan fingerprint density at radius 3 is 3.33 bits per heavy atom. The van der Waals surface area contributed by atoms with Crippen molar-refractivity contribution in [2.45, 2.75) is 20.0 Å².